The predicted molar refractivity (Wildman–Crippen MR) is 84.1 cm³/mol. The van der Waals surface area contributed by atoms with Crippen LogP contribution in [0.15, 0.2) is 36.7 Å². The number of fused-ring (bicyclic) bond motifs is 1. The smallest absolute Gasteiger partial charge is 0.235 e. The van der Waals surface area contributed by atoms with Crippen LogP contribution in [0, 0.1) is 0 Å². The molecule has 2 aliphatic rings. The largest absolute Gasteiger partial charge is 0.486 e. The molecule has 2 aromatic rings. The number of benzene rings is 1. The topological polar surface area (TPSA) is 82.5 Å². The van der Waals surface area contributed by atoms with E-state index in [0.717, 1.165) is 18.6 Å². The minimum Gasteiger partial charge on any atom is -0.486 e. The predicted octanol–water partition coefficient (Wildman–Crippen LogP) is 1.63. The van der Waals surface area contributed by atoms with Crippen molar-refractivity contribution in [3.8, 4) is 11.5 Å². The monoisotopic (exact) mass is 335 g/mol. The first-order chi connectivity index (χ1) is 11.1. The van der Waals surface area contributed by atoms with Crippen LogP contribution in [0.5, 0.6) is 11.5 Å². The van der Waals surface area contributed by atoms with Gasteiger partial charge in [-0.2, -0.15) is 5.10 Å². The lowest BCUT2D eigenvalue weighted by Gasteiger charge is -2.26. The third kappa shape index (κ3) is 3.12. The fourth-order valence-corrected chi connectivity index (χ4v) is 3.86. The summed E-state index contributed by atoms with van der Waals surface area (Å²) < 4.78 is 39.6. The van der Waals surface area contributed by atoms with Gasteiger partial charge in [-0.15, -0.1) is 0 Å². The highest BCUT2D eigenvalue weighted by molar-refractivity contribution is 7.93. The van der Waals surface area contributed by atoms with E-state index >= 15 is 0 Å². The van der Waals surface area contributed by atoms with Crippen LogP contribution < -0.4 is 14.2 Å². The SMILES string of the molecule is O=S(=O)(Nc1cnn(CC2COc3ccccc3O2)c1)C1CC1. The molecule has 1 aromatic carbocycles. The Hall–Kier alpha value is -2.22. The van der Waals surface area contributed by atoms with E-state index in [1.54, 1.807) is 10.9 Å². The highest BCUT2D eigenvalue weighted by Crippen LogP contribution is 2.31. The molecular formula is C15H17N3O4S. The minimum atomic E-state index is -3.26. The molecule has 1 aliphatic heterocycles. The fourth-order valence-electron chi connectivity index (χ4n) is 2.50. The molecule has 1 aromatic heterocycles. The zero-order chi connectivity index (χ0) is 15.9. The summed E-state index contributed by atoms with van der Waals surface area (Å²) in [5.41, 5.74) is 0.481. The number of nitrogens with zero attached hydrogens (tertiary/aromatic N) is 2. The van der Waals surface area contributed by atoms with Crippen molar-refractivity contribution < 1.29 is 17.9 Å². The second kappa shape index (κ2) is 5.45. The Bertz CT molecular complexity index is 814. The van der Waals surface area contributed by atoms with Gasteiger partial charge in [0.15, 0.2) is 17.6 Å². The molecule has 1 aliphatic carbocycles. The molecule has 0 spiro atoms. The molecule has 1 fully saturated rings. The van der Waals surface area contributed by atoms with Gasteiger partial charge in [0.05, 0.1) is 23.7 Å². The molecule has 122 valence electrons. The number of sulfonamides is 1. The van der Waals surface area contributed by atoms with Gasteiger partial charge in [-0.05, 0) is 25.0 Å². The summed E-state index contributed by atoms with van der Waals surface area (Å²) in [6.45, 7) is 0.916. The lowest BCUT2D eigenvalue weighted by atomic mass is 10.2. The van der Waals surface area contributed by atoms with Gasteiger partial charge in [0, 0.05) is 6.20 Å². The number of aromatic nitrogens is 2. The van der Waals surface area contributed by atoms with E-state index in [9.17, 15) is 8.42 Å². The zero-order valence-corrected chi connectivity index (χ0v) is 13.2. The van der Waals surface area contributed by atoms with Gasteiger partial charge < -0.3 is 9.47 Å². The van der Waals surface area contributed by atoms with Gasteiger partial charge in [-0.1, -0.05) is 12.1 Å². The Kier molecular flexibility index (Phi) is 3.41. The van der Waals surface area contributed by atoms with Crippen molar-refractivity contribution in [2.45, 2.75) is 30.7 Å². The number of anilines is 1. The molecular weight excluding hydrogens is 318 g/mol. The van der Waals surface area contributed by atoms with Crippen LogP contribution >= 0.6 is 0 Å². The average molecular weight is 335 g/mol. The first-order valence-electron chi connectivity index (χ1n) is 7.53. The number of nitrogens with one attached hydrogen (secondary N) is 1. The van der Waals surface area contributed by atoms with Crippen molar-refractivity contribution in [1.29, 1.82) is 0 Å². The van der Waals surface area contributed by atoms with E-state index in [4.69, 9.17) is 9.47 Å². The Morgan fingerprint density at radius 3 is 2.83 bits per heavy atom. The standard InChI is InChI=1S/C15H17N3O4S/c19-23(20,13-5-6-13)17-11-7-16-18(8-11)9-12-10-21-14-3-1-2-4-15(14)22-12/h1-4,7-8,12-13,17H,5-6,9-10H2. The highest BCUT2D eigenvalue weighted by Gasteiger charge is 2.36. The van der Waals surface area contributed by atoms with Crippen molar-refractivity contribution in [2.75, 3.05) is 11.3 Å². The summed E-state index contributed by atoms with van der Waals surface area (Å²) in [7, 11) is -3.26. The molecule has 0 bridgehead atoms. The second-order valence-electron chi connectivity index (χ2n) is 5.80. The normalized spacial score (nSPS) is 20.3. The zero-order valence-electron chi connectivity index (χ0n) is 12.4. The maximum absolute atomic E-state index is 11.9. The number of para-hydroxylation sites is 2. The van der Waals surface area contributed by atoms with Crippen LogP contribution in [0.25, 0.3) is 0 Å². The maximum Gasteiger partial charge on any atom is 0.235 e. The fraction of sp³-hybridized carbons (Fsp3) is 0.400. The Morgan fingerprint density at radius 2 is 2.04 bits per heavy atom. The molecule has 2 heterocycles. The van der Waals surface area contributed by atoms with E-state index in [2.05, 4.69) is 9.82 Å². The van der Waals surface area contributed by atoms with Crippen LogP contribution in [0.3, 0.4) is 0 Å². The average Bonchev–Trinajstić information content (AvgIpc) is 3.31. The summed E-state index contributed by atoms with van der Waals surface area (Å²) in [6.07, 6.45) is 4.48. The number of hydrogen-bond acceptors (Lipinski definition) is 5. The third-order valence-electron chi connectivity index (χ3n) is 3.81. The van der Waals surface area contributed by atoms with E-state index in [-0.39, 0.29) is 11.4 Å². The lowest BCUT2D eigenvalue weighted by Crippen LogP contribution is -2.33. The van der Waals surface area contributed by atoms with E-state index in [1.807, 2.05) is 24.3 Å². The Labute approximate surface area is 134 Å². The molecule has 1 atom stereocenters. The third-order valence-corrected chi connectivity index (χ3v) is 5.68. The van der Waals surface area contributed by atoms with Gasteiger partial charge in [0.2, 0.25) is 10.0 Å². The van der Waals surface area contributed by atoms with Crippen molar-refractivity contribution in [2.24, 2.45) is 0 Å². The summed E-state index contributed by atoms with van der Waals surface area (Å²) in [6, 6.07) is 7.52. The van der Waals surface area contributed by atoms with Gasteiger partial charge in [-0.25, -0.2) is 8.42 Å². The molecule has 0 amide bonds. The van der Waals surface area contributed by atoms with Crippen LogP contribution in [0.2, 0.25) is 0 Å². The molecule has 4 rings (SSSR count). The van der Waals surface area contributed by atoms with Gasteiger partial charge in [0.25, 0.3) is 0 Å². The van der Waals surface area contributed by atoms with E-state index < -0.39 is 10.0 Å². The van der Waals surface area contributed by atoms with Crippen molar-refractivity contribution in [1.82, 2.24) is 9.78 Å². The van der Waals surface area contributed by atoms with Crippen molar-refractivity contribution >= 4 is 15.7 Å². The number of rotatable bonds is 5. The second-order valence-corrected chi connectivity index (χ2v) is 7.76. The van der Waals surface area contributed by atoms with Gasteiger partial charge in [0.1, 0.15) is 6.61 Å². The molecule has 7 nitrogen and oxygen atoms in total. The maximum atomic E-state index is 11.9. The highest BCUT2D eigenvalue weighted by atomic mass is 32.2. The molecule has 1 saturated carbocycles. The molecule has 0 radical (unpaired) electrons. The Morgan fingerprint density at radius 1 is 1.26 bits per heavy atom. The van der Waals surface area contributed by atoms with Gasteiger partial charge >= 0.3 is 0 Å². The van der Waals surface area contributed by atoms with Crippen LogP contribution in [0.1, 0.15) is 12.8 Å². The summed E-state index contributed by atoms with van der Waals surface area (Å²) in [5, 5.41) is 3.93. The first kappa shape index (κ1) is 14.4. The summed E-state index contributed by atoms with van der Waals surface area (Å²) in [4.78, 5) is 0. The van der Waals surface area contributed by atoms with Crippen LogP contribution in [-0.2, 0) is 16.6 Å². The number of hydrogen-bond donors (Lipinski definition) is 1. The van der Waals surface area contributed by atoms with Crippen molar-refractivity contribution in [3.05, 3.63) is 36.7 Å². The number of ether oxygens (including phenoxy) is 2. The molecule has 0 saturated heterocycles. The van der Waals surface area contributed by atoms with E-state index in [1.165, 1.54) is 6.20 Å². The minimum absolute atomic E-state index is 0.169. The lowest BCUT2D eigenvalue weighted by molar-refractivity contribution is 0.0759. The Balaban J connectivity index is 1.40. The molecule has 8 heteroatoms. The summed E-state index contributed by atoms with van der Waals surface area (Å²) >= 11 is 0. The van der Waals surface area contributed by atoms with Crippen LogP contribution in [-0.4, -0.2) is 36.2 Å². The van der Waals surface area contributed by atoms with Crippen molar-refractivity contribution in [3.63, 3.8) is 0 Å². The summed E-state index contributed by atoms with van der Waals surface area (Å²) in [5.74, 6) is 1.45. The van der Waals surface area contributed by atoms with Crippen LogP contribution in [0.4, 0.5) is 5.69 Å². The molecule has 23 heavy (non-hydrogen) atoms. The molecule has 1 unspecified atom stereocenters. The quantitative estimate of drug-likeness (QED) is 0.898. The van der Waals surface area contributed by atoms with E-state index in [0.29, 0.717) is 24.6 Å². The van der Waals surface area contributed by atoms with Gasteiger partial charge in [-0.3, -0.25) is 9.40 Å². The first-order valence-corrected chi connectivity index (χ1v) is 9.07. The molecule has 1 N–H and O–H groups in total.